The molecule has 3 N–H and O–H groups in total. The summed E-state index contributed by atoms with van der Waals surface area (Å²) in [5.74, 6) is 1.09. The number of piperidine rings is 1. The van der Waals surface area contributed by atoms with Crippen molar-refractivity contribution in [2.24, 2.45) is 5.92 Å². The first-order chi connectivity index (χ1) is 6.79. The Balaban J connectivity index is 1.95. The summed E-state index contributed by atoms with van der Waals surface area (Å²) >= 11 is 1.45. The molecule has 1 aliphatic rings. The molecule has 1 fully saturated rings. The Morgan fingerprint density at radius 3 is 2.79 bits per heavy atom. The van der Waals surface area contributed by atoms with E-state index in [-0.39, 0.29) is 0 Å². The lowest BCUT2D eigenvalue weighted by Gasteiger charge is -2.31. The highest BCUT2D eigenvalue weighted by atomic mass is 32.1. The second-order valence-corrected chi connectivity index (χ2v) is 4.49. The van der Waals surface area contributed by atoms with Crippen molar-refractivity contribution in [1.29, 1.82) is 0 Å². The van der Waals surface area contributed by atoms with E-state index < -0.39 is 0 Å². The Morgan fingerprint density at radius 1 is 1.57 bits per heavy atom. The largest absolute Gasteiger partial charge is 0.396 e. The molecule has 0 atom stereocenters. The van der Waals surface area contributed by atoms with Crippen LogP contribution in [0.2, 0.25) is 0 Å². The van der Waals surface area contributed by atoms with Gasteiger partial charge in [0.2, 0.25) is 0 Å². The van der Waals surface area contributed by atoms with Crippen LogP contribution in [0.15, 0.2) is 6.07 Å². The lowest BCUT2D eigenvalue weighted by molar-refractivity contribution is 0.203. The Kier molecular flexibility index (Phi) is 2.88. The highest BCUT2D eigenvalue weighted by molar-refractivity contribution is 7.10. The van der Waals surface area contributed by atoms with Gasteiger partial charge in [-0.1, -0.05) is 0 Å². The van der Waals surface area contributed by atoms with E-state index >= 15 is 0 Å². The second kappa shape index (κ2) is 4.14. The van der Waals surface area contributed by atoms with Crippen LogP contribution in [-0.2, 0) is 0 Å². The minimum atomic E-state index is 0.318. The zero-order valence-electron chi connectivity index (χ0n) is 8.02. The van der Waals surface area contributed by atoms with E-state index in [1.165, 1.54) is 11.5 Å². The molecule has 1 aromatic heterocycles. The van der Waals surface area contributed by atoms with Crippen LogP contribution in [0.3, 0.4) is 0 Å². The molecule has 0 saturated carbocycles. The standard InChI is InChI=1S/C9H15N3OS/c10-8-5-9(14-11-8)12-3-1-7(6-13)2-4-12/h5,7,13H,1-4,6H2,(H2,10,11). The average Bonchev–Trinajstić information content (AvgIpc) is 2.65. The normalized spacial score (nSPS) is 18.8. The van der Waals surface area contributed by atoms with Crippen LogP contribution in [-0.4, -0.2) is 29.2 Å². The molecule has 78 valence electrons. The zero-order valence-corrected chi connectivity index (χ0v) is 8.83. The topological polar surface area (TPSA) is 62.4 Å². The van der Waals surface area contributed by atoms with Crippen molar-refractivity contribution in [3.05, 3.63) is 6.07 Å². The van der Waals surface area contributed by atoms with Gasteiger partial charge in [-0.05, 0) is 30.3 Å². The third-order valence-corrected chi connectivity index (χ3v) is 3.57. The predicted molar refractivity (Wildman–Crippen MR) is 58.5 cm³/mol. The molecule has 0 aliphatic carbocycles. The number of aliphatic hydroxyl groups excluding tert-OH is 1. The Morgan fingerprint density at radius 2 is 2.29 bits per heavy atom. The number of hydrogen-bond donors (Lipinski definition) is 2. The van der Waals surface area contributed by atoms with Crippen LogP contribution in [0.5, 0.6) is 0 Å². The number of nitrogen functional groups attached to an aromatic ring is 1. The molecule has 2 rings (SSSR count). The van der Waals surface area contributed by atoms with Crippen molar-refractivity contribution in [3.63, 3.8) is 0 Å². The van der Waals surface area contributed by atoms with E-state index in [4.69, 9.17) is 10.8 Å². The first-order valence-corrected chi connectivity index (χ1v) is 5.65. The van der Waals surface area contributed by atoms with Crippen molar-refractivity contribution in [1.82, 2.24) is 4.37 Å². The lowest BCUT2D eigenvalue weighted by atomic mass is 9.98. The minimum Gasteiger partial charge on any atom is -0.396 e. The van der Waals surface area contributed by atoms with Crippen molar-refractivity contribution < 1.29 is 5.11 Å². The maximum atomic E-state index is 9.00. The van der Waals surface area contributed by atoms with Crippen LogP contribution in [0.25, 0.3) is 0 Å². The highest BCUT2D eigenvalue weighted by Crippen LogP contribution is 2.27. The Bertz CT molecular complexity index is 294. The molecular weight excluding hydrogens is 198 g/mol. The molecule has 0 radical (unpaired) electrons. The molecule has 0 bridgehead atoms. The summed E-state index contributed by atoms with van der Waals surface area (Å²) in [5.41, 5.74) is 5.57. The number of hydrogen-bond acceptors (Lipinski definition) is 5. The molecule has 0 aromatic carbocycles. The van der Waals surface area contributed by atoms with Crippen LogP contribution in [0.4, 0.5) is 10.8 Å². The quantitative estimate of drug-likeness (QED) is 0.767. The molecule has 1 aliphatic heterocycles. The third kappa shape index (κ3) is 1.99. The van der Waals surface area contributed by atoms with Gasteiger partial charge in [-0.3, -0.25) is 0 Å². The van der Waals surface area contributed by atoms with Gasteiger partial charge in [0, 0.05) is 25.8 Å². The summed E-state index contributed by atoms with van der Waals surface area (Å²) < 4.78 is 4.06. The summed E-state index contributed by atoms with van der Waals surface area (Å²) in [5, 5.41) is 10.2. The van der Waals surface area contributed by atoms with Gasteiger partial charge in [-0.15, -0.1) is 0 Å². The second-order valence-electron chi connectivity index (χ2n) is 3.70. The van der Waals surface area contributed by atoms with E-state index in [0.717, 1.165) is 30.9 Å². The summed E-state index contributed by atoms with van der Waals surface area (Å²) in [6.45, 7) is 2.33. The maximum absolute atomic E-state index is 9.00. The van der Waals surface area contributed by atoms with Gasteiger partial charge in [-0.25, -0.2) is 0 Å². The van der Waals surface area contributed by atoms with Crippen LogP contribution < -0.4 is 10.6 Å². The summed E-state index contributed by atoms with van der Waals surface area (Å²) in [6, 6.07) is 1.92. The van der Waals surface area contributed by atoms with Gasteiger partial charge in [0.15, 0.2) is 0 Å². The molecule has 5 heteroatoms. The molecule has 1 saturated heterocycles. The minimum absolute atomic E-state index is 0.318. The number of nitrogens with zero attached hydrogens (tertiary/aromatic N) is 2. The molecule has 0 amide bonds. The fourth-order valence-corrected chi connectivity index (χ4v) is 2.49. The van der Waals surface area contributed by atoms with Crippen LogP contribution >= 0.6 is 11.5 Å². The van der Waals surface area contributed by atoms with Crippen molar-refractivity contribution in [2.75, 3.05) is 30.3 Å². The molecule has 0 unspecified atom stereocenters. The average molecular weight is 213 g/mol. The van der Waals surface area contributed by atoms with Gasteiger partial charge in [0.05, 0.1) is 0 Å². The molecule has 1 aromatic rings. The number of aromatic nitrogens is 1. The monoisotopic (exact) mass is 213 g/mol. The van der Waals surface area contributed by atoms with Gasteiger partial charge in [0.25, 0.3) is 0 Å². The first kappa shape index (κ1) is 9.73. The van der Waals surface area contributed by atoms with Gasteiger partial charge < -0.3 is 15.7 Å². The molecule has 4 nitrogen and oxygen atoms in total. The van der Waals surface area contributed by atoms with Crippen molar-refractivity contribution in [3.8, 4) is 0 Å². The van der Waals surface area contributed by atoms with Gasteiger partial charge >= 0.3 is 0 Å². The highest BCUT2D eigenvalue weighted by Gasteiger charge is 2.19. The number of anilines is 2. The van der Waals surface area contributed by atoms with E-state index in [1.54, 1.807) is 0 Å². The number of aliphatic hydroxyl groups is 1. The van der Waals surface area contributed by atoms with E-state index in [2.05, 4.69) is 9.27 Å². The SMILES string of the molecule is Nc1cc(N2CCC(CO)CC2)sn1. The van der Waals surface area contributed by atoms with E-state index in [0.29, 0.717) is 18.3 Å². The Hall–Kier alpha value is -0.810. The lowest BCUT2D eigenvalue weighted by Crippen LogP contribution is -2.34. The Labute approximate surface area is 87.5 Å². The van der Waals surface area contributed by atoms with E-state index in [1.807, 2.05) is 6.07 Å². The molecule has 14 heavy (non-hydrogen) atoms. The predicted octanol–water partition coefficient (Wildman–Crippen LogP) is 0.934. The summed E-state index contributed by atoms with van der Waals surface area (Å²) in [4.78, 5) is 2.29. The molecule has 0 spiro atoms. The van der Waals surface area contributed by atoms with Crippen LogP contribution in [0, 0.1) is 5.92 Å². The summed E-state index contributed by atoms with van der Waals surface area (Å²) in [6.07, 6.45) is 2.13. The van der Waals surface area contributed by atoms with Crippen molar-refractivity contribution >= 4 is 22.4 Å². The zero-order chi connectivity index (χ0) is 9.97. The van der Waals surface area contributed by atoms with Crippen molar-refractivity contribution in [2.45, 2.75) is 12.8 Å². The fraction of sp³-hybridized carbons (Fsp3) is 0.667. The fourth-order valence-electron chi connectivity index (χ4n) is 1.76. The van der Waals surface area contributed by atoms with Crippen LogP contribution in [0.1, 0.15) is 12.8 Å². The van der Waals surface area contributed by atoms with E-state index in [9.17, 15) is 0 Å². The summed E-state index contributed by atoms with van der Waals surface area (Å²) in [7, 11) is 0. The first-order valence-electron chi connectivity index (χ1n) is 4.87. The molecular formula is C9H15N3OS. The number of rotatable bonds is 2. The number of nitrogens with two attached hydrogens (primary N) is 1. The third-order valence-electron chi connectivity index (χ3n) is 2.70. The molecule has 2 heterocycles. The van der Waals surface area contributed by atoms with Gasteiger partial charge in [-0.2, -0.15) is 4.37 Å². The maximum Gasteiger partial charge on any atom is 0.139 e. The van der Waals surface area contributed by atoms with Gasteiger partial charge in [0.1, 0.15) is 10.8 Å². The smallest absolute Gasteiger partial charge is 0.139 e.